The van der Waals surface area contributed by atoms with Gasteiger partial charge in [0.2, 0.25) is 0 Å². The van der Waals surface area contributed by atoms with E-state index in [9.17, 15) is 18.0 Å². The third kappa shape index (κ3) is 1.76. The highest BCUT2D eigenvalue weighted by molar-refractivity contribution is 5.87. The summed E-state index contributed by atoms with van der Waals surface area (Å²) in [6.45, 7) is 0. The molecule has 1 aliphatic rings. The highest BCUT2D eigenvalue weighted by Gasteiger charge is 2.27. The summed E-state index contributed by atoms with van der Waals surface area (Å²) in [7, 11) is 0. The fraction of sp³-hybridized carbons (Fsp3) is 0.364. The Balaban J connectivity index is 2.41. The predicted octanol–water partition coefficient (Wildman–Crippen LogP) is 2.94. The quantitative estimate of drug-likeness (QED) is 0.657. The van der Waals surface area contributed by atoms with Gasteiger partial charge in [-0.1, -0.05) is 0 Å². The van der Waals surface area contributed by atoms with Crippen LogP contribution in [-0.2, 0) is 4.79 Å². The van der Waals surface area contributed by atoms with Gasteiger partial charge in [-0.15, -0.1) is 0 Å². The molecule has 1 aromatic rings. The van der Waals surface area contributed by atoms with Crippen LogP contribution in [0, 0.1) is 17.5 Å². The second-order valence-electron chi connectivity index (χ2n) is 3.71. The molecule has 0 aliphatic heterocycles. The lowest BCUT2D eigenvalue weighted by atomic mass is 9.96. The molecule has 1 saturated carbocycles. The molecule has 2 rings (SSSR count). The molecule has 80 valence electrons. The Kier molecular flexibility index (Phi) is 2.50. The van der Waals surface area contributed by atoms with E-state index in [1.165, 1.54) is 0 Å². The highest BCUT2D eigenvalue weighted by Crippen LogP contribution is 2.32. The Hall–Kier alpha value is -1.32. The van der Waals surface area contributed by atoms with Crippen molar-refractivity contribution in [3.63, 3.8) is 0 Å². The van der Waals surface area contributed by atoms with Gasteiger partial charge in [-0.3, -0.25) is 4.79 Å². The van der Waals surface area contributed by atoms with Gasteiger partial charge in [0.1, 0.15) is 5.78 Å². The largest absolute Gasteiger partial charge is 0.299 e. The standard InChI is InChI=1S/C11H9F3O/c12-8-4-6(5-9(13)11(8)14)7-2-1-3-10(7)15/h4-5,7H,1-3H2. The van der Waals surface area contributed by atoms with Crippen molar-refractivity contribution in [1.82, 2.24) is 0 Å². The molecule has 0 radical (unpaired) electrons. The van der Waals surface area contributed by atoms with Gasteiger partial charge in [0.05, 0.1) is 0 Å². The average Bonchev–Trinajstić information content (AvgIpc) is 2.60. The average molecular weight is 214 g/mol. The zero-order chi connectivity index (χ0) is 11.0. The summed E-state index contributed by atoms with van der Waals surface area (Å²) < 4.78 is 38.4. The van der Waals surface area contributed by atoms with E-state index in [1.807, 2.05) is 0 Å². The van der Waals surface area contributed by atoms with Crippen molar-refractivity contribution < 1.29 is 18.0 Å². The van der Waals surface area contributed by atoms with Gasteiger partial charge in [-0.25, -0.2) is 13.2 Å². The number of hydrogen-bond donors (Lipinski definition) is 0. The zero-order valence-electron chi connectivity index (χ0n) is 7.90. The van der Waals surface area contributed by atoms with E-state index in [4.69, 9.17) is 0 Å². The molecule has 15 heavy (non-hydrogen) atoms. The predicted molar refractivity (Wildman–Crippen MR) is 47.9 cm³/mol. The lowest BCUT2D eigenvalue weighted by Crippen LogP contribution is -2.06. The van der Waals surface area contributed by atoms with Crippen LogP contribution in [0.15, 0.2) is 12.1 Å². The maximum absolute atomic E-state index is 12.9. The van der Waals surface area contributed by atoms with E-state index in [-0.39, 0.29) is 11.3 Å². The molecule has 1 unspecified atom stereocenters. The van der Waals surface area contributed by atoms with E-state index >= 15 is 0 Å². The lowest BCUT2D eigenvalue weighted by Gasteiger charge is -2.08. The van der Waals surface area contributed by atoms with Crippen molar-refractivity contribution in [2.45, 2.75) is 25.2 Å². The van der Waals surface area contributed by atoms with E-state index in [1.54, 1.807) is 0 Å². The molecule has 1 aliphatic carbocycles. The first kappa shape index (κ1) is 10.2. The van der Waals surface area contributed by atoms with Gasteiger partial charge in [0.25, 0.3) is 0 Å². The zero-order valence-corrected chi connectivity index (χ0v) is 7.90. The molecule has 0 N–H and O–H groups in total. The van der Waals surface area contributed by atoms with Gasteiger partial charge in [0, 0.05) is 12.3 Å². The fourth-order valence-corrected chi connectivity index (χ4v) is 1.94. The van der Waals surface area contributed by atoms with E-state index in [2.05, 4.69) is 0 Å². The second-order valence-corrected chi connectivity index (χ2v) is 3.71. The van der Waals surface area contributed by atoms with E-state index in [0.717, 1.165) is 18.6 Å². The van der Waals surface area contributed by atoms with Crippen LogP contribution in [0.5, 0.6) is 0 Å². The molecular weight excluding hydrogens is 205 g/mol. The van der Waals surface area contributed by atoms with Crippen LogP contribution >= 0.6 is 0 Å². The van der Waals surface area contributed by atoms with Crippen LogP contribution in [0.1, 0.15) is 30.7 Å². The number of Topliss-reactive ketones (excluding diaryl/α,β-unsaturated/α-hetero) is 1. The second kappa shape index (κ2) is 3.68. The Labute approximate surface area is 84.9 Å². The lowest BCUT2D eigenvalue weighted by molar-refractivity contribution is -0.118. The van der Waals surface area contributed by atoms with Crippen molar-refractivity contribution >= 4 is 5.78 Å². The SMILES string of the molecule is O=C1CCCC1c1cc(F)c(F)c(F)c1. The molecule has 1 fully saturated rings. The summed E-state index contributed by atoms with van der Waals surface area (Å²) in [6.07, 6.45) is 1.75. The highest BCUT2D eigenvalue weighted by atomic mass is 19.2. The smallest absolute Gasteiger partial charge is 0.194 e. The van der Waals surface area contributed by atoms with Crippen LogP contribution in [0.4, 0.5) is 13.2 Å². The number of benzene rings is 1. The molecule has 1 nitrogen and oxygen atoms in total. The topological polar surface area (TPSA) is 17.1 Å². The number of carbonyl (C=O) groups excluding carboxylic acids is 1. The first-order valence-corrected chi connectivity index (χ1v) is 4.76. The third-order valence-corrected chi connectivity index (χ3v) is 2.71. The number of halogens is 3. The molecule has 0 bridgehead atoms. The molecule has 0 saturated heterocycles. The maximum atomic E-state index is 12.9. The Morgan fingerprint density at radius 3 is 2.20 bits per heavy atom. The molecule has 1 aromatic carbocycles. The summed E-state index contributed by atoms with van der Waals surface area (Å²) in [4.78, 5) is 11.3. The number of hydrogen-bond acceptors (Lipinski definition) is 1. The molecular formula is C11H9F3O. The van der Waals surface area contributed by atoms with Crippen LogP contribution < -0.4 is 0 Å². The number of carbonyl (C=O) groups is 1. The summed E-state index contributed by atoms with van der Waals surface area (Å²) in [5.41, 5.74) is 0.244. The van der Waals surface area contributed by atoms with Crippen LogP contribution in [0.25, 0.3) is 0 Å². The van der Waals surface area contributed by atoms with Crippen molar-refractivity contribution in [1.29, 1.82) is 0 Å². The Bertz CT molecular complexity index is 391. The maximum Gasteiger partial charge on any atom is 0.194 e. The van der Waals surface area contributed by atoms with Gasteiger partial charge in [-0.2, -0.15) is 0 Å². The van der Waals surface area contributed by atoms with E-state index in [0.29, 0.717) is 12.8 Å². The fourth-order valence-electron chi connectivity index (χ4n) is 1.94. The molecule has 1 atom stereocenters. The first-order chi connectivity index (χ1) is 7.09. The minimum atomic E-state index is -1.48. The van der Waals surface area contributed by atoms with Crippen LogP contribution in [0.2, 0.25) is 0 Å². The minimum Gasteiger partial charge on any atom is -0.299 e. The van der Waals surface area contributed by atoms with Crippen molar-refractivity contribution in [3.05, 3.63) is 35.1 Å². The molecule has 0 aromatic heterocycles. The van der Waals surface area contributed by atoms with Crippen molar-refractivity contribution in [3.8, 4) is 0 Å². The molecule has 0 heterocycles. The summed E-state index contributed by atoms with van der Waals surface area (Å²) in [5, 5.41) is 0. The summed E-state index contributed by atoms with van der Waals surface area (Å²) in [5.74, 6) is -4.44. The molecule has 4 heteroatoms. The molecule has 0 spiro atoms. The van der Waals surface area contributed by atoms with Gasteiger partial charge >= 0.3 is 0 Å². The normalized spacial score (nSPS) is 21.0. The summed E-state index contributed by atoms with van der Waals surface area (Å²) in [6, 6.07) is 1.82. The number of ketones is 1. The number of rotatable bonds is 1. The third-order valence-electron chi connectivity index (χ3n) is 2.71. The minimum absolute atomic E-state index is 0.0274. The van der Waals surface area contributed by atoms with E-state index < -0.39 is 23.4 Å². The van der Waals surface area contributed by atoms with Gasteiger partial charge in [-0.05, 0) is 30.5 Å². The monoisotopic (exact) mass is 214 g/mol. The first-order valence-electron chi connectivity index (χ1n) is 4.76. The van der Waals surface area contributed by atoms with Gasteiger partial charge in [0.15, 0.2) is 17.5 Å². The van der Waals surface area contributed by atoms with Crippen molar-refractivity contribution in [2.75, 3.05) is 0 Å². The van der Waals surface area contributed by atoms with Gasteiger partial charge < -0.3 is 0 Å². The van der Waals surface area contributed by atoms with Crippen LogP contribution in [0.3, 0.4) is 0 Å². The molecule has 0 amide bonds. The Morgan fingerprint density at radius 2 is 1.73 bits per heavy atom. The van der Waals surface area contributed by atoms with Crippen molar-refractivity contribution in [2.24, 2.45) is 0 Å². The van der Waals surface area contributed by atoms with Crippen LogP contribution in [-0.4, -0.2) is 5.78 Å². The Morgan fingerprint density at radius 1 is 1.13 bits per heavy atom. The summed E-state index contributed by atoms with van der Waals surface area (Å²) >= 11 is 0.